The van der Waals surface area contributed by atoms with Gasteiger partial charge in [-0.1, -0.05) is 60.2 Å². The second-order valence-electron chi connectivity index (χ2n) is 6.35. The molecule has 0 unspecified atom stereocenters. The summed E-state index contributed by atoms with van der Waals surface area (Å²) in [5.41, 5.74) is 4.79. The summed E-state index contributed by atoms with van der Waals surface area (Å²) in [5, 5.41) is 3.48. The summed E-state index contributed by atoms with van der Waals surface area (Å²) < 4.78 is 0. The highest BCUT2D eigenvalue weighted by molar-refractivity contribution is 7.17. The number of fused-ring (bicyclic) bond motifs is 1. The summed E-state index contributed by atoms with van der Waals surface area (Å²) in [7, 11) is 2.04. The van der Waals surface area contributed by atoms with Gasteiger partial charge in [-0.05, 0) is 29.7 Å². The van der Waals surface area contributed by atoms with Crippen LogP contribution in [0.1, 0.15) is 11.1 Å². The van der Waals surface area contributed by atoms with Crippen LogP contribution in [-0.2, 0) is 6.54 Å². The van der Waals surface area contributed by atoms with Gasteiger partial charge in [-0.15, -0.1) is 11.3 Å². The summed E-state index contributed by atoms with van der Waals surface area (Å²) in [6.45, 7) is 2.85. The molecule has 4 rings (SSSR count). The number of aromatic nitrogens is 2. The average molecular weight is 380 g/mol. The maximum absolute atomic E-state index is 6.20. The van der Waals surface area contributed by atoms with Crippen LogP contribution in [0, 0.1) is 6.92 Å². The van der Waals surface area contributed by atoms with Crippen LogP contribution >= 0.6 is 22.9 Å². The van der Waals surface area contributed by atoms with Crippen molar-refractivity contribution in [1.82, 2.24) is 9.97 Å². The molecule has 0 spiro atoms. The van der Waals surface area contributed by atoms with E-state index < -0.39 is 0 Å². The van der Waals surface area contributed by atoms with Gasteiger partial charge in [-0.25, -0.2) is 4.98 Å². The van der Waals surface area contributed by atoms with Gasteiger partial charge in [0.05, 0.1) is 5.39 Å². The van der Waals surface area contributed by atoms with Crippen molar-refractivity contribution in [2.75, 3.05) is 11.9 Å². The molecule has 0 saturated carbocycles. The van der Waals surface area contributed by atoms with Crippen LogP contribution in [-0.4, -0.2) is 17.0 Å². The Morgan fingerprint density at radius 3 is 2.46 bits per heavy atom. The zero-order valence-corrected chi connectivity index (χ0v) is 16.2. The third kappa shape index (κ3) is 3.30. The number of benzene rings is 2. The van der Waals surface area contributed by atoms with E-state index in [9.17, 15) is 0 Å². The molecule has 2 heterocycles. The number of hydrogen-bond acceptors (Lipinski definition) is 4. The zero-order valence-electron chi connectivity index (χ0n) is 14.6. The second kappa shape index (κ2) is 7.06. The molecule has 0 aliphatic carbocycles. The van der Waals surface area contributed by atoms with E-state index in [-0.39, 0.29) is 5.28 Å². The predicted molar refractivity (Wildman–Crippen MR) is 111 cm³/mol. The van der Waals surface area contributed by atoms with E-state index in [1.54, 1.807) is 11.3 Å². The molecule has 0 amide bonds. The molecule has 0 radical (unpaired) electrons. The number of aryl methyl sites for hydroxylation is 1. The largest absolute Gasteiger partial charge is 0.355 e. The normalized spacial score (nSPS) is 11.0. The Morgan fingerprint density at radius 1 is 1.00 bits per heavy atom. The van der Waals surface area contributed by atoms with Crippen LogP contribution in [0.5, 0.6) is 0 Å². The highest BCUT2D eigenvalue weighted by atomic mass is 35.5. The van der Waals surface area contributed by atoms with Crippen LogP contribution in [0.25, 0.3) is 21.3 Å². The van der Waals surface area contributed by atoms with Gasteiger partial charge in [0.25, 0.3) is 0 Å². The lowest BCUT2D eigenvalue weighted by molar-refractivity contribution is 0.901. The molecular formula is C21H18ClN3S. The Bertz CT molecular complexity index is 1040. The van der Waals surface area contributed by atoms with Crippen LogP contribution < -0.4 is 4.90 Å². The van der Waals surface area contributed by atoms with Gasteiger partial charge >= 0.3 is 0 Å². The molecule has 3 nitrogen and oxygen atoms in total. The van der Waals surface area contributed by atoms with Gasteiger partial charge in [-0.3, -0.25) is 0 Å². The summed E-state index contributed by atoms with van der Waals surface area (Å²) in [6.07, 6.45) is 0. The van der Waals surface area contributed by atoms with Gasteiger partial charge in [0.15, 0.2) is 0 Å². The van der Waals surface area contributed by atoms with Crippen LogP contribution in [0.4, 0.5) is 5.82 Å². The average Bonchev–Trinajstić information content (AvgIpc) is 3.06. The fourth-order valence-electron chi connectivity index (χ4n) is 3.05. The van der Waals surface area contributed by atoms with E-state index in [1.165, 1.54) is 16.7 Å². The van der Waals surface area contributed by atoms with E-state index in [0.717, 1.165) is 28.1 Å². The first-order chi connectivity index (χ1) is 12.6. The van der Waals surface area contributed by atoms with Crippen molar-refractivity contribution in [3.8, 4) is 11.1 Å². The first-order valence-corrected chi connectivity index (χ1v) is 9.64. The molecule has 0 aliphatic heterocycles. The van der Waals surface area contributed by atoms with Gasteiger partial charge in [0, 0.05) is 24.5 Å². The molecule has 0 bridgehead atoms. The number of halogens is 1. The van der Waals surface area contributed by atoms with Crippen molar-refractivity contribution in [2.45, 2.75) is 13.5 Å². The van der Waals surface area contributed by atoms with Crippen molar-refractivity contribution in [2.24, 2.45) is 0 Å². The third-order valence-corrected chi connectivity index (χ3v) is 5.42. The Hall–Kier alpha value is -2.43. The Balaban J connectivity index is 1.82. The molecule has 2 aromatic carbocycles. The van der Waals surface area contributed by atoms with Crippen LogP contribution in [0.15, 0.2) is 60.0 Å². The highest BCUT2D eigenvalue weighted by Crippen LogP contribution is 2.39. The lowest BCUT2D eigenvalue weighted by Crippen LogP contribution is -2.18. The number of nitrogens with zero attached hydrogens (tertiary/aromatic N) is 3. The molecule has 0 aliphatic rings. The Morgan fingerprint density at radius 2 is 1.73 bits per heavy atom. The van der Waals surface area contributed by atoms with Crippen molar-refractivity contribution < 1.29 is 0 Å². The summed E-state index contributed by atoms with van der Waals surface area (Å²) in [4.78, 5) is 12.0. The second-order valence-corrected chi connectivity index (χ2v) is 7.55. The molecule has 0 atom stereocenters. The molecular weight excluding hydrogens is 362 g/mol. The number of hydrogen-bond donors (Lipinski definition) is 0. The smallest absolute Gasteiger partial charge is 0.225 e. The molecule has 26 heavy (non-hydrogen) atoms. The van der Waals surface area contributed by atoms with Crippen LogP contribution in [0.3, 0.4) is 0 Å². The fourth-order valence-corrected chi connectivity index (χ4v) is 4.21. The molecule has 0 N–H and O–H groups in total. The summed E-state index contributed by atoms with van der Waals surface area (Å²) in [6, 6.07) is 18.9. The predicted octanol–water partition coefficient (Wildman–Crippen LogP) is 5.96. The lowest BCUT2D eigenvalue weighted by Gasteiger charge is -2.20. The SMILES string of the molecule is Cc1ccc(-c2csc3nc(Cl)nc(N(C)Cc4ccccc4)c23)cc1. The van der Waals surface area contributed by atoms with Crippen molar-refractivity contribution in [1.29, 1.82) is 0 Å². The quantitative estimate of drug-likeness (QED) is 0.410. The van der Waals surface area contributed by atoms with E-state index in [4.69, 9.17) is 11.6 Å². The lowest BCUT2D eigenvalue weighted by atomic mass is 10.0. The molecule has 0 saturated heterocycles. The minimum absolute atomic E-state index is 0.282. The molecule has 2 aromatic heterocycles. The van der Waals surface area contributed by atoms with E-state index in [2.05, 4.69) is 63.6 Å². The van der Waals surface area contributed by atoms with Gasteiger partial charge in [0.1, 0.15) is 10.6 Å². The molecule has 0 fully saturated rings. The third-order valence-electron chi connectivity index (χ3n) is 4.37. The maximum Gasteiger partial charge on any atom is 0.225 e. The summed E-state index contributed by atoms with van der Waals surface area (Å²) in [5.74, 6) is 0.862. The minimum Gasteiger partial charge on any atom is -0.355 e. The maximum atomic E-state index is 6.20. The van der Waals surface area contributed by atoms with Crippen LogP contribution in [0.2, 0.25) is 5.28 Å². The molecule has 5 heteroatoms. The summed E-state index contributed by atoms with van der Waals surface area (Å²) >= 11 is 7.81. The first kappa shape index (κ1) is 17.0. The topological polar surface area (TPSA) is 29.0 Å². The van der Waals surface area contributed by atoms with Crippen molar-refractivity contribution in [3.05, 3.63) is 76.4 Å². The number of rotatable bonds is 4. The van der Waals surface area contributed by atoms with E-state index in [0.29, 0.717) is 0 Å². The zero-order chi connectivity index (χ0) is 18.1. The fraction of sp³-hybridized carbons (Fsp3) is 0.143. The van der Waals surface area contributed by atoms with Crippen molar-refractivity contribution >= 4 is 39.0 Å². The Kier molecular flexibility index (Phi) is 4.62. The Labute approximate surface area is 161 Å². The monoisotopic (exact) mass is 379 g/mol. The standard InChI is InChI=1S/C21H18ClN3S/c1-14-8-10-16(11-9-14)17-13-26-20-18(17)19(23-21(22)24-20)25(2)12-15-6-4-3-5-7-15/h3-11,13H,12H2,1-2H3. The van der Waals surface area contributed by atoms with Gasteiger partial charge < -0.3 is 4.90 Å². The van der Waals surface area contributed by atoms with Crippen molar-refractivity contribution in [3.63, 3.8) is 0 Å². The molecule has 4 aromatic rings. The highest BCUT2D eigenvalue weighted by Gasteiger charge is 2.17. The van der Waals surface area contributed by atoms with E-state index in [1.807, 2.05) is 25.2 Å². The minimum atomic E-state index is 0.282. The molecule has 130 valence electrons. The number of thiophene rings is 1. The van der Waals surface area contributed by atoms with Gasteiger partial charge in [0.2, 0.25) is 5.28 Å². The van der Waals surface area contributed by atoms with E-state index >= 15 is 0 Å². The number of anilines is 1. The van der Waals surface area contributed by atoms with Gasteiger partial charge in [-0.2, -0.15) is 4.98 Å². The first-order valence-electron chi connectivity index (χ1n) is 8.38.